The van der Waals surface area contributed by atoms with Gasteiger partial charge in [-0.3, -0.25) is 0 Å². The molecule has 0 saturated heterocycles. The van der Waals surface area contributed by atoms with E-state index >= 15 is 0 Å². The zero-order chi connectivity index (χ0) is 15.6. The molecule has 0 unspecified atom stereocenters. The smallest absolute Gasteiger partial charge is 0.494 e. The van der Waals surface area contributed by atoms with Crippen molar-refractivity contribution in [3.8, 4) is 5.75 Å². The van der Waals surface area contributed by atoms with Crippen LogP contribution < -0.4 is 10.2 Å². The first-order chi connectivity index (χ1) is 10.0. The van der Waals surface area contributed by atoms with Crippen molar-refractivity contribution in [1.29, 1.82) is 0 Å². The fraction of sp³-hybridized carbons (Fsp3) is 0.625. The molecule has 0 spiro atoms. The minimum absolute atomic E-state index is 0.516. The highest BCUT2D eigenvalue weighted by atomic mass is 19.4. The predicted molar refractivity (Wildman–Crippen MR) is 83.3 cm³/mol. The van der Waals surface area contributed by atoms with Crippen molar-refractivity contribution in [2.45, 2.75) is 58.3 Å². The largest absolute Gasteiger partial charge is 0.509 e. The van der Waals surface area contributed by atoms with Crippen LogP contribution in [0.3, 0.4) is 0 Å². The average Bonchev–Trinajstić information content (AvgIpc) is 2.45. The maximum Gasteiger partial charge on any atom is 0.509 e. The summed E-state index contributed by atoms with van der Waals surface area (Å²) in [6.45, 7) is -2.13. The third-order valence-corrected chi connectivity index (χ3v) is 3.52. The van der Waals surface area contributed by atoms with Crippen LogP contribution in [-0.4, -0.2) is 13.6 Å². The Morgan fingerprint density at radius 3 is 1.86 bits per heavy atom. The van der Waals surface area contributed by atoms with Crippen molar-refractivity contribution in [1.82, 2.24) is 0 Å². The summed E-state index contributed by atoms with van der Waals surface area (Å²) in [5.74, 6) is 0.516. The van der Waals surface area contributed by atoms with Gasteiger partial charge < -0.3 is 17.7 Å². The molecule has 0 aromatic heterocycles. The Morgan fingerprint density at radius 2 is 1.33 bits per heavy atom. The van der Waals surface area contributed by atoms with E-state index in [4.69, 9.17) is 4.74 Å². The summed E-state index contributed by atoms with van der Waals surface area (Å²) in [6, 6.07) is 4.97. The van der Waals surface area contributed by atoms with Crippen molar-refractivity contribution < 1.29 is 17.7 Å². The Kier molecular flexibility index (Phi) is 8.32. The molecule has 0 atom stereocenters. The standard InChI is InChI=1S/C16H25BF3O/c1-2-3-4-5-6-7-8-9-14-21-16-12-10-15(11-13-16)17(18,19)20/h10-13H,2-9,14H2,1H3/q-1. The van der Waals surface area contributed by atoms with Gasteiger partial charge in [0, 0.05) is 0 Å². The molecular weight excluding hydrogens is 276 g/mol. The van der Waals surface area contributed by atoms with Gasteiger partial charge >= 0.3 is 6.98 Å². The molecule has 0 radical (unpaired) electrons. The topological polar surface area (TPSA) is 9.23 Å². The molecule has 1 aromatic rings. The summed E-state index contributed by atoms with van der Waals surface area (Å²) in [5.41, 5.74) is -0.575. The van der Waals surface area contributed by atoms with Crippen LogP contribution in [0.25, 0.3) is 0 Å². The first-order valence-corrected chi connectivity index (χ1v) is 7.96. The summed E-state index contributed by atoms with van der Waals surface area (Å²) in [7, 11) is 0. The van der Waals surface area contributed by atoms with Crippen molar-refractivity contribution in [2.75, 3.05) is 6.61 Å². The molecule has 1 aromatic carbocycles. The molecule has 21 heavy (non-hydrogen) atoms. The Labute approximate surface area is 125 Å². The van der Waals surface area contributed by atoms with Crippen LogP contribution in [0.1, 0.15) is 58.3 Å². The van der Waals surface area contributed by atoms with Crippen LogP contribution in [0, 0.1) is 0 Å². The maximum atomic E-state index is 12.4. The lowest BCUT2D eigenvalue weighted by Gasteiger charge is -2.15. The molecule has 0 aliphatic heterocycles. The molecule has 0 N–H and O–H groups in total. The van der Waals surface area contributed by atoms with Crippen molar-refractivity contribution >= 4 is 12.4 Å². The minimum atomic E-state index is -4.91. The number of ether oxygens (including phenoxy) is 1. The van der Waals surface area contributed by atoms with Gasteiger partial charge in [0.15, 0.2) is 0 Å². The van der Waals surface area contributed by atoms with Crippen LogP contribution >= 0.6 is 0 Å². The zero-order valence-corrected chi connectivity index (χ0v) is 12.8. The molecular formula is C16H25BF3O-. The van der Waals surface area contributed by atoms with Gasteiger partial charge in [-0.15, -0.1) is 5.46 Å². The summed E-state index contributed by atoms with van der Waals surface area (Å²) < 4.78 is 42.8. The van der Waals surface area contributed by atoms with Gasteiger partial charge in [0.05, 0.1) is 6.61 Å². The van der Waals surface area contributed by atoms with E-state index in [-0.39, 0.29) is 0 Å². The Balaban J connectivity index is 2.08. The summed E-state index contributed by atoms with van der Waals surface area (Å²) in [6.07, 6.45) is 9.76. The maximum absolute atomic E-state index is 12.4. The molecule has 0 saturated carbocycles. The van der Waals surface area contributed by atoms with E-state index in [1.165, 1.54) is 50.7 Å². The third kappa shape index (κ3) is 8.03. The SMILES string of the molecule is CCCCCCCCCCOc1ccc([B-](F)(F)F)cc1. The predicted octanol–water partition coefficient (Wildman–Crippen LogP) is 5.26. The molecule has 0 aliphatic carbocycles. The van der Waals surface area contributed by atoms with E-state index in [2.05, 4.69) is 6.92 Å². The molecule has 1 rings (SSSR count). The van der Waals surface area contributed by atoms with E-state index in [0.717, 1.165) is 25.0 Å². The lowest BCUT2D eigenvalue weighted by atomic mass is 9.80. The quantitative estimate of drug-likeness (QED) is 0.400. The Morgan fingerprint density at radius 1 is 0.810 bits per heavy atom. The van der Waals surface area contributed by atoms with Gasteiger partial charge in [-0.2, -0.15) is 0 Å². The van der Waals surface area contributed by atoms with Crippen molar-refractivity contribution in [3.63, 3.8) is 0 Å². The molecule has 120 valence electrons. The third-order valence-electron chi connectivity index (χ3n) is 3.52. The number of hydrogen-bond acceptors (Lipinski definition) is 1. The van der Waals surface area contributed by atoms with Crippen LogP contribution in [0.2, 0.25) is 0 Å². The molecule has 0 heterocycles. The second-order valence-corrected chi connectivity index (χ2v) is 5.47. The van der Waals surface area contributed by atoms with Gasteiger partial charge in [-0.1, -0.05) is 64.0 Å². The minimum Gasteiger partial charge on any atom is -0.494 e. The van der Waals surface area contributed by atoms with E-state index < -0.39 is 12.4 Å². The normalized spacial score (nSPS) is 11.6. The average molecular weight is 301 g/mol. The molecule has 0 bridgehead atoms. The van der Waals surface area contributed by atoms with E-state index in [0.29, 0.717) is 12.4 Å². The second-order valence-electron chi connectivity index (χ2n) is 5.47. The van der Waals surface area contributed by atoms with Crippen LogP contribution in [0.4, 0.5) is 12.9 Å². The van der Waals surface area contributed by atoms with Crippen molar-refractivity contribution in [2.24, 2.45) is 0 Å². The van der Waals surface area contributed by atoms with Crippen LogP contribution in [0.5, 0.6) is 5.75 Å². The molecule has 0 aliphatic rings. The zero-order valence-electron chi connectivity index (χ0n) is 12.8. The lowest BCUT2D eigenvalue weighted by molar-refractivity contribution is 0.304. The van der Waals surface area contributed by atoms with Gasteiger partial charge in [-0.05, 0) is 18.6 Å². The second kappa shape index (κ2) is 9.75. The van der Waals surface area contributed by atoms with Crippen LogP contribution in [-0.2, 0) is 0 Å². The van der Waals surface area contributed by atoms with Gasteiger partial charge in [0.1, 0.15) is 5.75 Å². The molecule has 0 amide bonds. The first-order valence-electron chi connectivity index (χ1n) is 7.96. The number of benzene rings is 1. The molecule has 1 nitrogen and oxygen atoms in total. The highest BCUT2D eigenvalue weighted by molar-refractivity contribution is 6.73. The van der Waals surface area contributed by atoms with Crippen LogP contribution in [0.15, 0.2) is 24.3 Å². The van der Waals surface area contributed by atoms with Gasteiger partial charge in [0.25, 0.3) is 0 Å². The van der Waals surface area contributed by atoms with Gasteiger partial charge in [0.2, 0.25) is 0 Å². The number of hydrogen-bond donors (Lipinski definition) is 0. The van der Waals surface area contributed by atoms with E-state index in [1.807, 2.05) is 0 Å². The number of rotatable bonds is 11. The fourth-order valence-corrected chi connectivity index (χ4v) is 2.21. The molecule has 0 fully saturated rings. The van der Waals surface area contributed by atoms with Crippen molar-refractivity contribution in [3.05, 3.63) is 24.3 Å². The Hall–Kier alpha value is -1.13. The lowest BCUT2D eigenvalue weighted by Crippen LogP contribution is -2.33. The summed E-state index contributed by atoms with van der Waals surface area (Å²) in [5, 5.41) is 0. The Bertz CT molecular complexity index is 376. The highest BCUT2D eigenvalue weighted by Crippen LogP contribution is 2.14. The summed E-state index contributed by atoms with van der Waals surface area (Å²) >= 11 is 0. The highest BCUT2D eigenvalue weighted by Gasteiger charge is 2.24. The monoisotopic (exact) mass is 301 g/mol. The molecule has 5 heteroatoms. The van der Waals surface area contributed by atoms with E-state index in [1.54, 1.807) is 0 Å². The number of unbranched alkanes of at least 4 members (excludes halogenated alkanes) is 7. The fourth-order valence-electron chi connectivity index (χ4n) is 2.21. The number of halogens is 3. The van der Waals surface area contributed by atoms with Gasteiger partial charge in [-0.25, -0.2) is 0 Å². The summed E-state index contributed by atoms with van der Waals surface area (Å²) in [4.78, 5) is 0. The van der Waals surface area contributed by atoms with E-state index in [9.17, 15) is 12.9 Å². The first kappa shape index (κ1) is 17.9.